The number of benzene rings is 1. The van der Waals surface area contributed by atoms with Crippen LogP contribution in [0.2, 0.25) is 0 Å². The summed E-state index contributed by atoms with van der Waals surface area (Å²) in [6, 6.07) is 4.83. The van der Waals surface area contributed by atoms with E-state index in [1.165, 1.54) is 13.2 Å². The SMILES string of the molecule is C=CCN(CC(F)(F)F)C(=O)c1c(C)oc2ccc(OC)cc12. The number of aryl methyl sites for hydroxylation is 1. The van der Waals surface area contributed by atoms with Gasteiger partial charge in [0.25, 0.3) is 5.91 Å². The van der Waals surface area contributed by atoms with Crippen molar-refractivity contribution in [2.75, 3.05) is 20.2 Å². The summed E-state index contributed by atoms with van der Waals surface area (Å²) in [5, 5.41) is 0.420. The van der Waals surface area contributed by atoms with Crippen LogP contribution in [0.25, 0.3) is 11.0 Å². The van der Waals surface area contributed by atoms with Crippen LogP contribution in [0.15, 0.2) is 35.3 Å². The summed E-state index contributed by atoms with van der Waals surface area (Å²) in [6.45, 7) is 3.38. The van der Waals surface area contributed by atoms with Gasteiger partial charge in [-0.05, 0) is 25.1 Å². The molecule has 0 saturated carbocycles. The molecule has 0 aliphatic heterocycles. The second-order valence-electron chi connectivity index (χ2n) is 4.98. The zero-order valence-corrected chi connectivity index (χ0v) is 12.7. The van der Waals surface area contributed by atoms with Crippen molar-refractivity contribution in [1.29, 1.82) is 0 Å². The maximum Gasteiger partial charge on any atom is 0.406 e. The lowest BCUT2D eigenvalue weighted by atomic mass is 10.1. The highest BCUT2D eigenvalue weighted by molar-refractivity contribution is 6.07. The minimum absolute atomic E-state index is 0.102. The molecule has 4 nitrogen and oxygen atoms in total. The van der Waals surface area contributed by atoms with Gasteiger partial charge in [-0.3, -0.25) is 4.79 Å². The molecule has 0 atom stereocenters. The second kappa shape index (κ2) is 6.36. The van der Waals surface area contributed by atoms with E-state index in [0.717, 1.165) is 0 Å². The number of furan rings is 1. The summed E-state index contributed by atoms with van der Waals surface area (Å²) < 4.78 is 48.6. The number of carbonyl (C=O) groups is 1. The summed E-state index contributed by atoms with van der Waals surface area (Å²) in [5.41, 5.74) is 0.516. The number of alkyl halides is 3. The molecule has 0 aliphatic carbocycles. The maximum absolute atomic E-state index is 12.7. The van der Waals surface area contributed by atoms with Crippen LogP contribution in [0.3, 0.4) is 0 Å². The van der Waals surface area contributed by atoms with Gasteiger partial charge >= 0.3 is 6.18 Å². The van der Waals surface area contributed by atoms with Crippen LogP contribution in [0, 0.1) is 6.92 Å². The third-order valence-electron chi connectivity index (χ3n) is 3.29. The van der Waals surface area contributed by atoms with Gasteiger partial charge in [0.15, 0.2) is 0 Å². The lowest BCUT2D eigenvalue weighted by Gasteiger charge is -2.22. The number of nitrogens with zero attached hydrogens (tertiary/aromatic N) is 1. The first kappa shape index (κ1) is 16.9. The Morgan fingerprint density at radius 1 is 1.43 bits per heavy atom. The molecule has 0 spiro atoms. The molecule has 7 heteroatoms. The number of fused-ring (bicyclic) bond motifs is 1. The molecule has 0 radical (unpaired) electrons. The van der Waals surface area contributed by atoms with E-state index in [4.69, 9.17) is 9.15 Å². The number of carbonyl (C=O) groups excluding carboxylic acids is 1. The third kappa shape index (κ3) is 3.67. The van der Waals surface area contributed by atoms with Gasteiger partial charge in [-0.2, -0.15) is 13.2 Å². The smallest absolute Gasteiger partial charge is 0.406 e. The van der Waals surface area contributed by atoms with Crippen LogP contribution in [-0.2, 0) is 0 Å². The van der Waals surface area contributed by atoms with Crippen molar-refractivity contribution in [2.45, 2.75) is 13.1 Å². The molecule has 0 saturated heterocycles. The van der Waals surface area contributed by atoms with Gasteiger partial charge in [-0.1, -0.05) is 6.08 Å². The molecule has 0 fully saturated rings. The Kier molecular flexibility index (Phi) is 4.68. The molecular weight excluding hydrogens is 311 g/mol. The number of ether oxygens (including phenoxy) is 1. The molecule has 1 heterocycles. The Labute approximate surface area is 131 Å². The fraction of sp³-hybridized carbons (Fsp3) is 0.312. The molecule has 0 N–H and O–H groups in total. The van der Waals surface area contributed by atoms with Crippen molar-refractivity contribution < 1.29 is 27.1 Å². The lowest BCUT2D eigenvalue weighted by Crippen LogP contribution is -2.39. The van der Waals surface area contributed by atoms with E-state index in [9.17, 15) is 18.0 Å². The molecule has 2 rings (SSSR count). The third-order valence-corrected chi connectivity index (χ3v) is 3.29. The quantitative estimate of drug-likeness (QED) is 0.781. The van der Waals surface area contributed by atoms with Crippen molar-refractivity contribution >= 4 is 16.9 Å². The Hall–Kier alpha value is -2.44. The fourth-order valence-corrected chi connectivity index (χ4v) is 2.34. The monoisotopic (exact) mass is 327 g/mol. The van der Waals surface area contributed by atoms with Gasteiger partial charge in [0.1, 0.15) is 23.6 Å². The van der Waals surface area contributed by atoms with Crippen molar-refractivity contribution in [3.05, 3.63) is 42.2 Å². The largest absolute Gasteiger partial charge is 0.497 e. The van der Waals surface area contributed by atoms with Crippen molar-refractivity contribution in [3.8, 4) is 5.75 Å². The highest BCUT2D eigenvalue weighted by Gasteiger charge is 2.34. The Morgan fingerprint density at radius 3 is 2.70 bits per heavy atom. The van der Waals surface area contributed by atoms with Crippen LogP contribution in [-0.4, -0.2) is 37.2 Å². The molecule has 0 aliphatic rings. The molecule has 1 amide bonds. The Morgan fingerprint density at radius 2 is 2.13 bits per heavy atom. The molecule has 124 valence electrons. The minimum Gasteiger partial charge on any atom is -0.497 e. The van der Waals surface area contributed by atoms with Crippen LogP contribution < -0.4 is 4.74 Å². The summed E-state index contributed by atoms with van der Waals surface area (Å²) in [5.74, 6) is -0.0142. The highest BCUT2D eigenvalue weighted by Crippen LogP contribution is 2.30. The molecule has 2 aromatic rings. The molecule has 1 aromatic carbocycles. The van der Waals surface area contributed by atoms with Gasteiger partial charge < -0.3 is 14.1 Å². The van der Waals surface area contributed by atoms with E-state index in [1.54, 1.807) is 25.1 Å². The van der Waals surface area contributed by atoms with Crippen LogP contribution in [0.1, 0.15) is 16.1 Å². The van der Waals surface area contributed by atoms with E-state index in [0.29, 0.717) is 21.6 Å². The predicted molar refractivity (Wildman–Crippen MR) is 79.7 cm³/mol. The number of hydrogen-bond donors (Lipinski definition) is 0. The van der Waals surface area contributed by atoms with E-state index in [-0.39, 0.29) is 17.9 Å². The zero-order valence-electron chi connectivity index (χ0n) is 12.7. The zero-order chi connectivity index (χ0) is 17.2. The van der Waals surface area contributed by atoms with Crippen molar-refractivity contribution in [1.82, 2.24) is 4.90 Å². The number of rotatable bonds is 5. The first-order valence-corrected chi connectivity index (χ1v) is 6.81. The van der Waals surface area contributed by atoms with Crippen molar-refractivity contribution in [3.63, 3.8) is 0 Å². The van der Waals surface area contributed by atoms with Gasteiger partial charge in [-0.25, -0.2) is 0 Å². The first-order chi connectivity index (χ1) is 10.8. The van der Waals surface area contributed by atoms with E-state index in [1.807, 2.05) is 0 Å². The lowest BCUT2D eigenvalue weighted by molar-refractivity contribution is -0.139. The van der Waals surface area contributed by atoms with Gasteiger partial charge in [0.2, 0.25) is 0 Å². The summed E-state index contributed by atoms with van der Waals surface area (Å²) in [6.07, 6.45) is -3.24. The standard InChI is InChI=1S/C16H16F3NO3/c1-4-7-20(9-16(17,18)19)15(21)14-10(2)23-13-6-5-11(22-3)8-12(13)14/h4-6,8H,1,7,9H2,2-3H3. The molecule has 1 aromatic heterocycles. The topological polar surface area (TPSA) is 42.7 Å². The second-order valence-corrected chi connectivity index (χ2v) is 4.98. The van der Waals surface area contributed by atoms with Crippen LogP contribution >= 0.6 is 0 Å². The Bertz CT molecular complexity index is 734. The summed E-state index contributed by atoms with van der Waals surface area (Å²) in [4.78, 5) is 13.3. The number of methoxy groups -OCH3 is 1. The van der Waals surface area contributed by atoms with E-state index in [2.05, 4.69) is 6.58 Å². The number of hydrogen-bond acceptors (Lipinski definition) is 3. The molecule has 0 bridgehead atoms. The predicted octanol–water partition coefficient (Wildman–Crippen LogP) is 3.94. The number of halogens is 3. The van der Waals surface area contributed by atoms with Gasteiger partial charge in [0.05, 0.1) is 12.7 Å². The van der Waals surface area contributed by atoms with Crippen LogP contribution in [0.5, 0.6) is 5.75 Å². The van der Waals surface area contributed by atoms with E-state index < -0.39 is 18.6 Å². The summed E-state index contributed by atoms with van der Waals surface area (Å²) in [7, 11) is 1.46. The fourth-order valence-electron chi connectivity index (χ4n) is 2.34. The molecule has 23 heavy (non-hydrogen) atoms. The van der Waals surface area contributed by atoms with Crippen molar-refractivity contribution in [2.24, 2.45) is 0 Å². The molecule has 0 unspecified atom stereocenters. The minimum atomic E-state index is -4.50. The van der Waals surface area contributed by atoms with Crippen LogP contribution in [0.4, 0.5) is 13.2 Å². The van der Waals surface area contributed by atoms with Gasteiger partial charge in [0, 0.05) is 11.9 Å². The first-order valence-electron chi connectivity index (χ1n) is 6.81. The average molecular weight is 327 g/mol. The normalized spacial score (nSPS) is 11.5. The van der Waals surface area contributed by atoms with E-state index >= 15 is 0 Å². The Balaban J connectivity index is 2.49. The maximum atomic E-state index is 12.7. The average Bonchev–Trinajstić information content (AvgIpc) is 2.79. The molecular formula is C16H16F3NO3. The number of amides is 1. The highest BCUT2D eigenvalue weighted by atomic mass is 19.4. The van der Waals surface area contributed by atoms with Gasteiger partial charge in [-0.15, -0.1) is 6.58 Å². The summed E-state index contributed by atoms with van der Waals surface area (Å²) >= 11 is 0.